The van der Waals surface area contributed by atoms with E-state index in [1.54, 1.807) is 20.8 Å². The second kappa shape index (κ2) is 35.9. The summed E-state index contributed by atoms with van der Waals surface area (Å²) in [4.78, 5) is 65.7. The van der Waals surface area contributed by atoms with Crippen LogP contribution in [0.25, 0.3) is 0 Å². The molecule has 1 fully saturated rings. The molecule has 20 heteroatoms. The van der Waals surface area contributed by atoms with Gasteiger partial charge in [0.2, 0.25) is 0 Å². The third-order valence-electron chi connectivity index (χ3n) is 4.15. The number of esters is 2. The zero-order chi connectivity index (χ0) is 34.5. The van der Waals surface area contributed by atoms with Crippen LogP contribution in [0, 0.1) is 13.8 Å². The second-order valence-corrected chi connectivity index (χ2v) is 8.04. The van der Waals surface area contributed by atoms with E-state index in [0.29, 0.717) is 12.3 Å². The average Bonchev–Trinajstić information content (AvgIpc) is 3.64. The van der Waals surface area contributed by atoms with Gasteiger partial charge in [-0.05, 0) is 40.5 Å². The van der Waals surface area contributed by atoms with Crippen molar-refractivity contribution in [3.8, 4) is 0 Å². The van der Waals surface area contributed by atoms with Gasteiger partial charge in [-0.3, -0.25) is 14.8 Å². The molecule has 3 aromatic rings. The van der Waals surface area contributed by atoms with E-state index in [9.17, 15) is 14.4 Å². The number of methoxy groups -OCH3 is 1. The Bertz CT molecular complexity index is 1230. The summed E-state index contributed by atoms with van der Waals surface area (Å²) >= 11 is 5.43. The van der Waals surface area contributed by atoms with Crippen molar-refractivity contribution in [3.63, 3.8) is 0 Å². The molecular weight excluding hydrogens is 698 g/mol. The molecule has 4 heterocycles. The fraction of sp³-hybridized carbons (Fsp3) is 0.407. The van der Waals surface area contributed by atoms with Crippen molar-refractivity contribution in [2.24, 2.45) is 0 Å². The Morgan fingerprint density at radius 2 is 1.30 bits per heavy atom. The molecule has 1 aliphatic rings. The van der Waals surface area contributed by atoms with Crippen molar-refractivity contribution < 1.29 is 158 Å². The second-order valence-electron chi connectivity index (χ2n) is 7.66. The summed E-state index contributed by atoms with van der Waals surface area (Å²) in [5, 5.41) is 24.6. The van der Waals surface area contributed by atoms with Crippen LogP contribution in [0.4, 0.5) is 0 Å². The van der Waals surface area contributed by atoms with E-state index in [-0.39, 0.29) is 140 Å². The number of halogens is 1. The minimum absolute atomic E-state index is 0. The van der Waals surface area contributed by atoms with Gasteiger partial charge in [0.05, 0.1) is 49.9 Å². The number of hydrogen-bond acceptors (Lipinski definition) is 16. The topological polar surface area (TPSA) is 246 Å². The summed E-state index contributed by atoms with van der Waals surface area (Å²) in [7, 11) is 1.28. The van der Waals surface area contributed by atoms with E-state index in [2.05, 4.69) is 39.5 Å². The number of carboxylic acid groups (broad SMARTS) is 1. The summed E-state index contributed by atoms with van der Waals surface area (Å²) < 4.78 is 14.1. The standard InChI is InChI=1S/C8H10N2O2.C6H5ClN2O2.C6H6N2O2.C4H8O.C2H6O.CH2O3.2K.H/c1-3-12-8(11)7-5-9-6(2)4-10-7;1-11-6(10)4-2-9-5(7)3-8-4;1-4-2-8-5(3-7-4)6(9)10;1-2-4-5-3-1;1-2-3;2-1-4-3;;;/h4-5H,3H2,1-2H3;2-3H,1H3;2-3H,1H3,(H,9,10);1-4H2;3H,2H2,1H3;1,3H;;;/q;;;;;;2*+1;-1/p-1. The van der Waals surface area contributed by atoms with Crippen molar-refractivity contribution in [2.45, 2.75) is 40.5 Å². The first-order valence-electron chi connectivity index (χ1n) is 12.9. The average molecular weight is 735 g/mol. The van der Waals surface area contributed by atoms with Gasteiger partial charge in [0.1, 0.15) is 5.15 Å². The summed E-state index contributed by atoms with van der Waals surface area (Å²) in [6.45, 7) is 9.41. The molecule has 1 saturated heterocycles. The molecule has 17 nitrogen and oxygen atoms in total. The molecule has 1 aliphatic heterocycles. The molecule has 0 aliphatic carbocycles. The molecule has 0 aromatic carbocycles. The normalized spacial score (nSPS) is 9.96. The number of rotatable bonds is 5. The Labute approximate surface area is 363 Å². The third kappa shape index (κ3) is 30.4. The molecular formula is C27H37ClK2N6O11. The summed E-state index contributed by atoms with van der Waals surface area (Å²) in [6, 6.07) is 0. The van der Waals surface area contributed by atoms with Crippen molar-refractivity contribution in [3.05, 3.63) is 70.8 Å². The fourth-order valence-electron chi connectivity index (χ4n) is 2.24. The maximum absolute atomic E-state index is 11.0. The molecule has 4 rings (SSSR count). The predicted octanol–water partition coefficient (Wildman–Crippen LogP) is -4.29. The van der Waals surface area contributed by atoms with Gasteiger partial charge < -0.3 is 36.0 Å². The van der Waals surface area contributed by atoms with Crippen LogP contribution in [0.1, 0.15) is 71.0 Å². The van der Waals surface area contributed by atoms with E-state index in [1.165, 1.54) is 57.1 Å². The minimum atomic E-state index is -1.05. The van der Waals surface area contributed by atoms with Crippen LogP contribution in [0.3, 0.4) is 0 Å². The molecule has 0 amide bonds. The number of ether oxygens (including phenoxy) is 3. The quantitative estimate of drug-likeness (QED) is 0.0828. The van der Waals surface area contributed by atoms with Crippen LogP contribution < -0.4 is 108 Å². The van der Waals surface area contributed by atoms with Gasteiger partial charge in [-0.15, -0.1) is 0 Å². The number of aryl methyl sites for hydroxylation is 2. The Hall–Kier alpha value is -1.44. The zero-order valence-electron chi connectivity index (χ0n) is 28.4. The Morgan fingerprint density at radius 3 is 1.60 bits per heavy atom. The zero-order valence-corrected chi connectivity index (χ0v) is 34.4. The summed E-state index contributed by atoms with van der Waals surface area (Å²) in [5.74, 6) is -1.99. The van der Waals surface area contributed by atoms with Gasteiger partial charge >= 0.3 is 121 Å². The molecule has 0 atom stereocenters. The minimum Gasteiger partial charge on any atom is -1.00 e. The van der Waals surface area contributed by atoms with Crippen LogP contribution in [0.2, 0.25) is 5.15 Å². The van der Waals surface area contributed by atoms with Crippen molar-refractivity contribution in [1.29, 1.82) is 0 Å². The van der Waals surface area contributed by atoms with Gasteiger partial charge in [0, 0.05) is 32.2 Å². The molecule has 250 valence electrons. The number of carboxylic acids is 1. The van der Waals surface area contributed by atoms with Crippen LogP contribution >= 0.6 is 11.6 Å². The van der Waals surface area contributed by atoms with E-state index < -0.39 is 17.9 Å². The van der Waals surface area contributed by atoms with Crippen LogP contribution in [-0.2, 0) is 23.9 Å². The van der Waals surface area contributed by atoms with Gasteiger partial charge in [0.25, 0.3) is 6.47 Å². The van der Waals surface area contributed by atoms with E-state index in [1.807, 2.05) is 6.92 Å². The van der Waals surface area contributed by atoms with Crippen LogP contribution in [-0.4, -0.2) is 98.0 Å². The third-order valence-corrected chi connectivity index (χ3v) is 4.34. The van der Waals surface area contributed by atoms with E-state index >= 15 is 0 Å². The van der Waals surface area contributed by atoms with Crippen molar-refractivity contribution in [1.82, 2.24) is 29.9 Å². The molecule has 3 aromatic heterocycles. The Morgan fingerprint density at radius 1 is 0.872 bits per heavy atom. The fourth-order valence-corrected chi connectivity index (χ4v) is 2.34. The maximum atomic E-state index is 11.0. The largest absolute Gasteiger partial charge is 1.00 e. The van der Waals surface area contributed by atoms with E-state index in [4.69, 9.17) is 41.3 Å². The molecule has 0 bridgehead atoms. The van der Waals surface area contributed by atoms with Gasteiger partial charge in [-0.1, -0.05) is 11.6 Å². The number of aromatic carboxylic acids is 1. The first kappa shape index (κ1) is 52.4. The van der Waals surface area contributed by atoms with Crippen molar-refractivity contribution in [2.75, 3.05) is 33.5 Å². The van der Waals surface area contributed by atoms with Gasteiger partial charge in [-0.2, -0.15) is 0 Å². The summed E-state index contributed by atoms with van der Waals surface area (Å²) in [5.41, 5.74) is 1.87. The molecule has 2 N–H and O–H groups in total. The number of carbonyl (C=O) groups is 4. The molecule has 0 saturated carbocycles. The number of nitrogens with zero attached hydrogens (tertiary/aromatic N) is 6. The SMILES string of the molecule is C1CCOC1.CCO.CCOC(=O)c1cnc(C)cn1.COC(=O)c1cnc(Cl)cn1.Cc1cnc(C(=O)O)cn1.O=CO[O-].[H-].[K+].[K+]. The van der Waals surface area contributed by atoms with Crippen LogP contribution in [0.5, 0.6) is 0 Å². The molecule has 0 unspecified atom stereocenters. The van der Waals surface area contributed by atoms with Crippen molar-refractivity contribution >= 4 is 36.0 Å². The first-order chi connectivity index (χ1) is 21.5. The maximum Gasteiger partial charge on any atom is 1.00 e. The molecule has 47 heavy (non-hydrogen) atoms. The van der Waals surface area contributed by atoms with Gasteiger partial charge in [-0.25, -0.2) is 34.3 Å². The molecule has 0 radical (unpaired) electrons. The van der Waals surface area contributed by atoms with E-state index in [0.717, 1.165) is 18.9 Å². The smallest absolute Gasteiger partial charge is 1.00 e. The summed E-state index contributed by atoms with van der Waals surface area (Å²) in [6.07, 6.45) is 10.7. The van der Waals surface area contributed by atoms with Gasteiger partial charge in [0.15, 0.2) is 17.1 Å². The Kier molecular flexibility index (Phi) is 40.0. The number of aromatic nitrogens is 6. The molecule has 0 spiro atoms. The van der Waals surface area contributed by atoms with Crippen LogP contribution in [0.15, 0.2) is 37.2 Å². The first-order valence-corrected chi connectivity index (χ1v) is 13.3. The predicted molar refractivity (Wildman–Crippen MR) is 156 cm³/mol. The number of carbonyl (C=O) groups excluding carboxylic acids is 3. The number of aliphatic hydroxyl groups is 1. The monoisotopic (exact) mass is 734 g/mol. The number of aliphatic hydroxyl groups excluding tert-OH is 1. The number of hydrogen-bond donors (Lipinski definition) is 2. The Balaban J connectivity index is -0.000000161.